The van der Waals surface area contributed by atoms with Crippen molar-refractivity contribution in [3.8, 4) is 11.5 Å². The molecule has 1 N–H and O–H groups in total. The summed E-state index contributed by atoms with van der Waals surface area (Å²) in [7, 11) is -1.03. The molecule has 0 saturated heterocycles. The van der Waals surface area contributed by atoms with Crippen LogP contribution < -0.4 is 19.1 Å². The largest absolute Gasteiger partial charge is 0.493 e. The van der Waals surface area contributed by atoms with Crippen molar-refractivity contribution in [3.63, 3.8) is 0 Å². The fourth-order valence-corrected chi connectivity index (χ4v) is 4.85. The molecule has 0 bridgehead atoms. The SMILES string of the molecule is CC[C@H](C)NC(=O)[C@@H](C)N(Cc1c(Cl)cccc1Cl)C(=O)CN(c1ccc(OC)c(OC)c1)S(C)(=O)=O. The molecule has 12 heteroatoms. The van der Waals surface area contributed by atoms with Gasteiger partial charge in [-0.2, -0.15) is 0 Å². The fraction of sp³-hybridized carbons (Fsp3) is 0.440. The van der Waals surface area contributed by atoms with Gasteiger partial charge in [-0.25, -0.2) is 8.42 Å². The van der Waals surface area contributed by atoms with Gasteiger partial charge in [0.1, 0.15) is 12.6 Å². The van der Waals surface area contributed by atoms with E-state index in [2.05, 4.69) is 5.32 Å². The lowest BCUT2D eigenvalue weighted by molar-refractivity contribution is -0.139. The van der Waals surface area contributed by atoms with E-state index in [4.69, 9.17) is 32.7 Å². The number of nitrogens with one attached hydrogen (secondary N) is 1. The molecular formula is C25H33Cl2N3O6S. The summed E-state index contributed by atoms with van der Waals surface area (Å²) in [5, 5.41) is 3.50. The zero-order valence-electron chi connectivity index (χ0n) is 21.7. The van der Waals surface area contributed by atoms with Gasteiger partial charge in [-0.05, 0) is 44.5 Å². The minimum atomic E-state index is -3.91. The molecule has 2 amide bonds. The summed E-state index contributed by atoms with van der Waals surface area (Å²) in [4.78, 5) is 27.9. The molecule has 2 atom stereocenters. The molecule has 2 rings (SSSR count). The maximum atomic E-state index is 13.7. The van der Waals surface area contributed by atoms with Crippen LogP contribution in [0.5, 0.6) is 11.5 Å². The van der Waals surface area contributed by atoms with Gasteiger partial charge in [0.15, 0.2) is 11.5 Å². The van der Waals surface area contributed by atoms with Crippen LogP contribution in [0.1, 0.15) is 32.8 Å². The van der Waals surface area contributed by atoms with Crippen LogP contribution in [0.4, 0.5) is 5.69 Å². The van der Waals surface area contributed by atoms with E-state index in [0.29, 0.717) is 33.5 Å². The molecule has 0 heterocycles. The van der Waals surface area contributed by atoms with Crippen molar-refractivity contribution in [2.75, 3.05) is 31.3 Å². The van der Waals surface area contributed by atoms with Crippen LogP contribution in [-0.2, 0) is 26.2 Å². The van der Waals surface area contributed by atoms with E-state index in [1.807, 2.05) is 13.8 Å². The highest BCUT2D eigenvalue weighted by Crippen LogP contribution is 2.33. The third-order valence-electron chi connectivity index (χ3n) is 5.89. The van der Waals surface area contributed by atoms with E-state index in [9.17, 15) is 18.0 Å². The number of halogens is 2. The minimum absolute atomic E-state index is 0.101. The Kier molecular flexibility index (Phi) is 10.9. The quantitative estimate of drug-likeness (QED) is 0.409. The average molecular weight is 575 g/mol. The standard InChI is InChI=1S/C25H33Cl2N3O6S/c1-7-16(2)28-25(32)17(3)29(14-19-20(26)9-8-10-21(19)27)24(31)15-30(37(6,33)34)18-11-12-22(35-4)23(13-18)36-5/h8-13,16-17H,7,14-15H2,1-6H3,(H,28,32)/t16-,17+/m0/s1. The molecule has 0 aliphatic rings. The van der Waals surface area contributed by atoms with E-state index < -0.39 is 28.5 Å². The molecule has 0 aromatic heterocycles. The number of hydrogen-bond donors (Lipinski definition) is 1. The maximum absolute atomic E-state index is 13.7. The second-order valence-electron chi connectivity index (χ2n) is 8.52. The number of amides is 2. The Morgan fingerprint density at radius 1 is 1.03 bits per heavy atom. The molecule has 0 aliphatic heterocycles. The lowest BCUT2D eigenvalue weighted by atomic mass is 10.1. The van der Waals surface area contributed by atoms with Crippen LogP contribution in [0, 0.1) is 0 Å². The van der Waals surface area contributed by atoms with Gasteiger partial charge in [0.2, 0.25) is 21.8 Å². The molecule has 0 fully saturated rings. The van der Waals surface area contributed by atoms with Gasteiger partial charge in [0, 0.05) is 34.3 Å². The van der Waals surface area contributed by atoms with Gasteiger partial charge < -0.3 is 19.7 Å². The second kappa shape index (κ2) is 13.2. The predicted octanol–water partition coefficient (Wildman–Crippen LogP) is 4.11. The van der Waals surface area contributed by atoms with E-state index in [-0.39, 0.29) is 24.2 Å². The van der Waals surface area contributed by atoms with Crippen LogP contribution in [0.15, 0.2) is 36.4 Å². The van der Waals surface area contributed by atoms with Crippen LogP contribution >= 0.6 is 23.2 Å². The van der Waals surface area contributed by atoms with Gasteiger partial charge in [-0.15, -0.1) is 0 Å². The van der Waals surface area contributed by atoms with Crippen LogP contribution in [0.2, 0.25) is 10.0 Å². The molecular weight excluding hydrogens is 541 g/mol. The van der Waals surface area contributed by atoms with E-state index in [1.54, 1.807) is 31.2 Å². The predicted molar refractivity (Wildman–Crippen MR) is 146 cm³/mol. The lowest BCUT2D eigenvalue weighted by Gasteiger charge is -2.32. The first-order valence-corrected chi connectivity index (χ1v) is 14.2. The van der Waals surface area contributed by atoms with Crippen LogP contribution in [-0.4, -0.2) is 64.2 Å². The van der Waals surface area contributed by atoms with Gasteiger partial charge in [-0.1, -0.05) is 36.2 Å². The number of rotatable bonds is 12. The number of carbonyl (C=O) groups is 2. The van der Waals surface area contributed by atoms with E-state index in [0.717, 1.165) is 10.6 Å². The molecule has 2 aromatic rings. The number of sulfonamides is 1. The summed E-state index contributed by atoms with van der Waals surface area (Å²) in [5.74, 6) is -0.315. The van der Waals surface area contributed by atoms with Crippen molar-refractivity contribution in [3.05, 3.63) is 52.0 Å². The molecule has 0 aliphatic carbocycles. The summed E-state index contributed by atoms with van der Waals surface area (Å²) >= 11 is 12.7. The number of benzene rings is 2. The third-order valence-corrected chi connectivity index (χ3v) is 7.74. The Bertz CT molecular complexity index is 1200. The molecule has 0 radical (unpaired) electrons. The summed E-state index contributed by atoms with van der Waals surface area (Å²) in [5.41, 5.74) is 0.639. The van der Waals surface area contributed by atoms with Crippen LogP contribution in [0.3, 0.4) is 0 Å². The topological polar surface area (TPSA) is 105 Å². The van der Waals surface area contributed by atoms with Crippen molar-refractivity contribution in [2.45, 2.75) is 45.8 Å². The number of hydrogen-bond acceptors (Lipinski definition) is 6. The van der Waals surface area contributed by atoms with Crippen molar-refractivity contribution in [1.82, 2.24) is 10.2 Å². The number of carbonyl (C=O) groups excluding carboxylic acids is 2. The van der Waals surface area contributed by atoms with Gasteiger partial charge in [0.05, 0.1) is 26.2 Å². The summed E-state index contributed by atoms with van der Waals surface area (Å²) in [6.45, 7) is 4.67. The fourth-order valence-electron chi connectivity index (χ4n) is 3.50. The van der Waals surface area contributed by atoms with Crippen molar-refractivity contribution in [1.29, 1.82) is 0 Å². The van der Waals surface area contributed by atoms with E-state index in [1.165, 1.54) is 31.3 Å². The Morgan fingerprint density at radius 3 is 2.14 bits per heavy atom. The van der Waals surface area contributed by atoms with Gasteiger partial charge in [-0.3, -0.25) is 13.9 Å². The highest BCUT2D eigenvalue weighted by Gasteiger charge is 2.31. The maximum Gasteiger partial charge on any atom is 0.244 e. The normalized spacial score (nSPS) is 12.9. The number of nitrogens with zero attached hydrogens (tertiary/aromatic N) is 2. The number of methoxy groups -OCH3 is 2. The molecule has 0 spiro atoms. The molecule has 0 saturated carbocycles. The first-order valence-electron chi connectivity index (χ1n) is 11.6. The minimum Gasteiger partial charge on any atom is -0.493 e. The monoisotopic (exact) mass is 573 g/mol. The highest BCUT2D eigenvalue weighted by molar-refractivity contribution is 7.92. The summed E-state index contributed by atoms with van der Waals surface area (Å²) in [6, 6.07) is 8.37. The first-order chi connectivity index (χ1) is 17.3. The average Bonchev–Trinajstić information content (AvgIpc) is 2.85. The number of ether oxygens (including phenoxy) is 2. The molecule has 9 nitrogen and oxygen atoms in total. The Morgan fingerprint density at radius 2 is 1.62 bits per heavy atom. The van der Waals surface area contributed by atoms with Gasteiger partial charge in [0.25, 0.3) is 0 Å². The highest BCUT2D eigenvalue weighted by atomic mass is 35.5. The smallest absolute Gasteiger partial charge is 0.244 e. The van der Waals surface area contributed by atoms with E-state index >= 15 is 0 Å². The third kappa shape index (κ3) is 7.90. The Hall–Kier alpha value is -2.69. The molecule has 2 aromatic carbocycles. The summed E-state index contributed by atoms with van der Waals surface area (Å²) in [6.07, 6.45) is 1.69. The lowest BCUT2D eigenvalue weighted by Crippen LogP contribution is -2.52. The number of anilines is 1. The van der Waals surface area contributed by atoms with Crippen molar-refractivity contribution >= 4 is 50.7 Å². The zero-order chi connectivity index (χ0) is 27.9. The Balaban J connectivity index is 2.49. The second-order valence-corrected chi connectivity index (χ2v) is 11.2. The van der Waals surface area contributed by atoms with Crippen LogP contribution in [0.25, 0.3) is 0 Å². The van der Waals surface area contributed by atoms with Crippen molar-refractivity contribution < 1.29 is 27.5 Å². The van der Waals surface area contributed by atoms with Crippen molar-refractivity contribution in [2.24, 2.45) is 0 Å². The first kappa shape index (κ1) is 30.5. The molecule has 37 heavy (non-hydrogen) atoms. The molecule has 204 valence electrons. The molecule has 0 unspecified atom stereocenters. The zero-order valence-corrected chi connectivity index (χ0v) is 24.1. The summed E-state index contributed by atoms with van der Waals surface area (Å²) < 4.78 is 37.0. The van der Waals surface area contributed by atoms with Gasteiger partial charge >= 0.3 is 0 Å². The Labute approximate surface area is 228 Å².